The highest BCUT2D eigenvalue weighted by Gasteiger charge is 2.48. The van der Waals surface area contributed by atoms with Gasteiger partial charge in [-0.2, -0.15) is 5.10 Å². The number of carbonyl (C=O) groups is 1. The van der Waals surface area contributed by atoms with E-state index in [0.29, 0.717) is 5.92 Å². The predicted octanol–water partition coefficient (Wildman–Crippen LogP) is 1.44. The summed E-state index contributed by atoms with van der Waals surface area (Å²) in [6, 6.07) is 2.17. The van der Waals surface area contributed by atoms with Crippen LogP contribution in [0, 0.1) is 18.3 Å². The Morgan fingerprint density at radius 2 is 2.12 bits per heavy atom. The van der Waals surface area contributed by atoms with Gasteiger partial charge in [0.2, 0.25) is 5.91 Å². The lowest BCUT2D eigenvalue weighted by Crippen LogP contribution is -2.45. The van der Waals surface area contributed by atoms with Crippen molar-refractivity contribution >= 4 is 5.91 Å². The molecule has 1 aromatic heterocycles. The Morgan fingerprint density at radius 3 is 2.67 bits per heavy atom. The van der Waals surface area contributed by atoms with Gasteiger partial charge in [0, 0.05) is 46.6 Å². The molecule has 1 spiro atoms. The molecule has 24 heavy (non-hydrogen) atoms. The third-order valence-corrected chi connectivity index (χ3v) is 5.96. The Balaban J connectivity index is 1.64. The Morgan fingerprint density at radius 1 is 1.42 bits per heavy atom. The van der Waals surface area contributed by atoms with Crippen molar-refractivity contribution in [3.63, 3.8) is 0 Å². The van der Waals surface area contributed by atoms with Gasteiger partial charge in [0.05, 0.1) is 18.0 Å². The molecule has 2 aliphatic rings. The maximum atomic E-state index is 11.8. The van der Waals surface area contributed by atoms with Gasteiger partial charge in [0.25, 0.3) is 0 Å². The fourth-order valence-electron chi connectivity index (χ4n) is 4.47. The van der Waals surface area contributed by atoms with E-state index in [-0.39, 0.29) is 11.3 Å². The molecular weight excluding hydrogens is 304 g/mol. The van der Waals surface area contributed by atoms with Gasteiger partial charge in [-0.25, -0.2) is 0 Å². The Bertz CT molecular complexity index is 590. The number of hydrogen-bond acceptors (Lipinski definition) is 4. The zero-order valence-corrected chi connectivity index (χ0v) is 15.4. The Kier molecular flexibility index (Phi) is 4.97. The first-order chi connectivity index (χ1) is 11.4. The van der Waals surface area contributed by atoms with Crippen LogP contribution in [0.2, 0.25) is 0 Å². The van der Waals surface area contributed by atoms with Crippen molar-refractivity contribution < 1.29 is 9.53 Å². The van der Waals surface area contributed by atoms with Crippen LogP contribution in [0.3, 0.4) is 0 Å². The van der Waals surface area contributed by atoms with Gasteiger partial charge in [0.1, 0.15) is 0 Å². The third-order valence-electron chi connectivity index (χ3n) is 5.96. The number of piperidine rings is 1. The number of hydrogen-bond donors (Lipinski definition) is 0. The number of amides is 1. The van der Waals surface area contributed by atoms with E-state index in [1.807, 2.05) is 23.6 Å². The minimum absolute atomic E-state index is 0.195. The summed E-state index contributed by atoms with van der Waals surface area (Å²) in [6.45, 7) is 9.34. The summed E-state index contributed by atoms with van der Waals surface area (Å²) >= 11 is 0. The second kappa shape index (κ2) is 6.84. The summed E-state index contributed by atoms with van der Waals surface area (Å²) in [7, 11) is 3.79. The summed E-state index contributed by atoms with van der Waals surface area (Å²) in [5.74, 6) is 0.660. The van der Waals surface area contributed by atoms with Crippen LogP contribution in [0.15, 0.2) is 6.07 Å². The number of aromatic nitrogens is 2. The molecule has 0 N–H and O–H groups in total. The zero-order valence-electron chi connectivity index (χ0n) is 15.4. The van der Waals surface area contributed by atoms with Gasteiger partial charge in [-0.15, -0.1) is 0 Å². The summed E-state index contributed by atoms with van der Waals surface area (Å²) in [6.07, 6.45) is 2.28. The van der Waals surface area contributed by atoms with Crippen LogP contribution in [0.25, 0.3) is 0 Å². The highest BCUT2D eigenvalue weighted by Crippen LogP contribution is 2.45. The molecule has 0 bridgehead atoms. The first-order valence-electron chi connectivity index (χ1n) is 8.90. The van der Waals surface area contributed by atoms with E-state index in [1.54, 1.807) is 14.0 Å². The summed E-state index contributed by atoms with van der Waals surface area (Å²) in [4.78, 5) is 16.4. The molecule has 1 atom stereocenters. The van der Waals surface area contributed by atoms with Crippen molar-refractivity contribution in [2.45, 2.75) is 33.2 Å². The molecule has 3 rings (SSSR count). The molecule has 0 aromatic carbocycles. The highest BCUT2D eigenvalue weighted by atomic mass is 16.5. The largest absolute Gasteiger partial charge is 0.384 e. The molecule has 0 radical (unpaired) electrons. The summed E-state index contributed by atoms with van der Waals surface area (Å²) in [5.41, 5.74) is 2.59. The minimum atomic E-state index is 0.195. The van der Waals surface area contributed by atoms with E-state index in [0.717, 1.165) is 57.9 Å². The van der Waals surface area contributed by atoms with Crippen LogP contribution in [-0.2, 0) is 23.1 Å². The Labute approximate surface area is 144 Å². The first-order valence-corrected chi connectivity index (χ1v) is 8.90. The predicted molar refractivity (Wildman–Crippen MR) is 92.5 cm³/mol. The molecule has 0 aliphatic carbocycles. The first kappa shape index (κ1) is 17.4. The van der Waals surface area contributed by atoms with Crippen LogP contribution in [-0.4, -0.2) is 65.4 Å². The van der Waals surface area contributed by atoms with Crippen LogP contribution in [0.4, 0.5) is 0 Å². The lowest BCUT2D eigenvalue weighted by atomic mass is 9.71. The van der Waals surface area contributed by atoms with Crippen molar-refractivity contribution in [2.75, 3.05) is 39.9 Å². The smallest absolute Gasteiger partial charge is 0.219 e. The van der Waals surface area contributed by atoms with E-state index in [2.05, 4.69) is 16.1 Å². The molecule has 2 saturated heterocycles. The fraction of sp³-hybridized carbons (Fsp3) is 0.778. The molecule has 1 amide bonds. The van der Waals surface area contributed by atoms with Crippen LogP contribution < -0.4 is 0 Å². The second-order valence-electron chi connectivity index (χ2n) is 7.59. The van der Waals surface area contributed by atoms with E-state index in [4.69, 9.17) is 4.74 Å². The maximum absolute atomic E-state index is 11.8. The summed E-state index contributed by atoms with van der Waals surface area (Å²) < 4.78 is 7.45. The lowest BCUT2D eigenvalue weighted by molar-refractivity contribution is -0.128. The maximum Gasteiger partial charge on any atom is 0.219 e. The number of rotatable bonds is 4. The van der Waals surface area contributed by atoms with Crippen molar-refractivity contribution in [1.29, 1.82) is 0 Å². The second-order valence-corrected chi connectivity index (χ2v) is 7.59. The van der Waals surface area contributed by atoms with Crippen molar-refractivity contribution in [3.05, 3.63) is 17.5 Å². The van der Waals surface area contributed by atoms with E-state index < -0.39 is 0 Å². The van der Waals surface area contributed by atoms with Gasteiger partial charge in [0.15, 0.2) is 0 Å². The van der Waals surface area contributed by atoms with Crippen LogP contribution in [0.5, 0.6) is 0 Å². The molecule has 2 aliphatic heterocycles. The third kappa shape index (κ3) is 3.35. The lowest BCUT2D eigenvalue weighted by Gasteiger charge is -2.42. The molecule has 1 aromatic rings. The molecule has 2 fully saturated rings. The van der Waals surface area contributed by atoms with Gasteiger partial charge in [-0.1, -0.05) is 0 Å². The number of likely N-dealkylation sites (tertiary alicyclic amines) is 2. The van der Waals surface area contributed by atoms with E-state index in [9.17, 15) is 4.79 Å². The van der Waals surface area contributed by atoms with E-state index in [1.165, 1.54) is 5.69 Å². The number of carbonyl (C=O) groups excluding carboxylic acids is 1. The van der Waals surface area contributed by atoms with Gasteiger partial charge >= 0.3 is 0 Å². The average Bonchev–Trinajstić information content (AvgIpc) is 3.03. The van der Waals surface area contributed by atoms with Gasteiger partial charge in [-0.05, 0) is 44.3 Å². The topological polar surface area (TPSA) is 50.6 Å². The summed E-state index contributed by atoms with van der Waals surface area (Å²) in [5, 5.41) is 4.44. The number of nitrogens with zero attached hydrogens (tertiary/aromatic N) is 4. The van der Waals surface area contributed by atoms with E-state index >= 15 is 0 Å². The van der Waals surface area contributed by atoms with Crippen LogP contribution >= 0.6 is 0 Å². The molecular formula is C18H30N4O2. The van der Waals surface area contributed by atoms with Gasteiger partial charge in [-0.3, -0.25) is 14.4 Å². The monoisotopic (exact) mass is 334 g/mol. The number of methoxy groups -OCH3 is 1. The zero-order chi connectivity index (χ0) is 17.3. The normalized spacial score (nSPS) is 24.0. The molecule has 6 heteroatoms. The Hall–Kier alpha value is -1.40. The molecule has 3 heterocycles. The molecule has 134 valence electrons. The SMILES string of the molecule is COCC1CN(C(C)=O)CC12CCN(Cc1cc(C)nn1C)CC2. The van der Waals surface area contributed by atoms with Crippen molar-refractivity contribution in [3.8, 4) is 0 Å². The highest BCUT2D eigenvalue weighted by molar-refractivity contribution is 5.73. The molecule has 0 saturated carbocycles. The van der Waals surface area contributed by atoms with Gasteiger partial charge < -0.3 is 9.64 Å². The quantitative estimate of drug-likeness (QED) is 0.836. The van der Waals surface area contributed by atoms with Crippen LogP contribution in [0.1, 0.15) is 31.2 Å². The van der Waals surface area contributed by atoms with Crippen molar-refractivity contribution in [1.82, 2.24) is 19.6 Å². The molecule has 6 nitrogen and oxygen atoms in total. The average molecular weight is 334 g/mol. The number of ether oxygens (including phenoxy) is 1. The number of aryl methyl sites for hydroxylation is 2. The minimum Gasteiger partial charge on any atom is -0.384 e. The molecule has 1 unspecified atom stereocenters. The fourth-order valence-corrected chi connectivity index (χ4v) is 4.47. The standard InChI is InChI=1S/C18H30N4O2/c1-14-9-17(20(3)19-14)11-21-7-5-18(6-8-21)13-22(15(2)23)10-16(18)12-24-4/h9,16H,5-8,10-13H2,1-4H3. The van der Waals surface area contributed by atoms with Crippen molar-refractivity contribution in [2.24, 2.45) is 18.4 Å².